The highest BCUT2D eigenvalue weighted by atomic mass is 16.5. The van der Waals surface area contributed by atoms with Gasteiger partial charge in [-0.2, -0.15) is 0 Å². The number of nitrogens with zero attached hydrogens (tertiary/aromatic N) is 1. The molecule has 106 valence electrons. The smallest absolute Gasteiger partial charge is 0.248 e. The fourth-order valence-corrected chi connectivity index (χ4v) is 2.90. The van der Waals surface area contributed by atoms with Crippen molar-refractivity contribution in [1.82, 2.24) is 10.2 Å². The maximum Gasteiger partial charge on any atom is 0.248 e. The van der Waals surface area contributed by atoms with E-state index in [1.807, 2.05) is 4.90 Å². The van der Waals surface area contributed by atoms with E-state index in [2.05, 4.69) is 11.9 Å². The highest BCUT2D eigenvalue weighted by molar-refractivity contribution is 5.95. The van der Waals surface area contributed by atoms with Gasteiger partial charge in [-0.25, -0.2) is 0 Å². The molecule has 0 aromatic carbocycles. The van der Waals surface area contributed by atoms with Crippen LogP contribution in [0.5, 0.6) is 0 Å². The summed E-state index contributed by atoms with van der Waals surface area (Å²) in [6, 6.07) is 0. The molecule has 1 heterocycles. The average molecular weight is 266 g/mol. The zero-order valence-electron chi connectivity index (χ0n) is 11.3. The van der Waals surface area contributed by atoms with Crippen LogP contribution in [0.15, 0.2) is 12.7 Å². The van der Waals surface area contributed by atoms with E-state index in [9.17, 15) is 9.59 Å². The maximum atomic E-state index is 12.7. The van der Waals surface area contributed by atoms with Gasteiger partial charge in [0.25, 0.3) is 0 Å². The minimum absolute atomic E-state index is 0.0469. The summed E-state index contributed by atoms with van der Waals surface area (Å²) in [6.07, 6.45) is 5.78. The number of hydrogen-bond acceptors (Lipinski definition) is 3. The van der Waals surface area contributed by atoms with Gasteiger partial charge < -0.3 is 15.0 Å². The lowest BCUT2D eigenvalue weighted by molar-refractivity contribution is -0.146. The maximum absolute atomic E-state index is 12.7. The summed E-state index contributed by atoms with van der Waals surface area (Å²) in [5, 5.41) is 2.89. The first-order valence-electron chi connectivity index (χ1n) is 7.00. The van der Waals surface area contributed by atoms with Crippen LogP contribution in [0.3, 0.4) is 0 Å². The topological polar surface area (TPSA) is 58.6 Å². The number of carbonyl (C=O) groups is 2. The van der Waals surface area contributed by atoms with E-state index < -0.39 is 5.54 Å². The highest BCUT2D eigenvalue weighted by Gasteiger charge is 2.43. The van der Waals surface area contributed by atoms with Gasteiger partial charge in [0, 0.05) is 13.1 Å². The van der Waals surface area contributed by atoms with Crippen molar-refractivity contribution in [2.45, 2.75) is 37.6 Å². The lowest BCUT2D eigenvalue weighted by Gasteiger charge is -2.41. The van der Waals surface area contributed by atoms with Crippen LogP contribution < -0.4 is 5.32 Å². The van der Waals surface area contributed by atoms with E-state index in [1.54, 1.807) is 0 Å². The molecule has 19 heavy (non-hydrogen) atoms. The molecule has 2 rings (SSSR count). The van der Waals surface area contributed by atoms with Crippen LogP contribution >= 0.6 is 0 Å². The normalized spacial score (nSPS) is 22.6. The third-order valence-electron chi connectivity index (χ3n) is 3.96. The number of nitrogens with one attached hydrogen (secondary N) is 1. The van der Waals surface area contributed by atoms with E-state index in [-0.39, 0.29) is 11.8 Å². The molecule has 0 spiro atoms. The lowest BCUT2D eigenvalue weighted by atomic mass is 9.80. The summed E-state index contributed by atoms with van der Waals surface area (Å²) in [5.41, 5.74) is -0.721. The summed E-state index contributed by atoms with van der Waals surface area (Å²) in [7, 11) is 0. The third kappa shape index (κ3) is 3.15. The molecule has 0 aromatic rings. The second kappa shape index (κ2) is 6.19. The summed E-state index contributed by atoms with van der Waals surface area (Å²) >= 11 is 0. The highest BCUT2D eigenvalue weighted by Crippen LogP contribution is 2.30. The standard InChI is InChI=1S/C14H22N2O3/c1-2-12(17)15-14(6-4-3-5-7-14)13(18)16-8-10-19-11-9-16/h2H,1,3-11H2,(H,15,17). The zero-order valence-corrected chi connectivity index (χ0v) is 11.3. The quantitative estimate of drug-likeness (QED) is 0.770. The van der Waals surface area contributed by atoms with Gasteiger partial charge in [0.2, 0.25) is 11.8 Å². The summed E-state index contributed by atoms with van der Waals surface area (Å²) in [6.45, 7) is 5.86. The monoisotopic (exact) mass is 266 g/mol. The summed E-state index contributed by atoms with van der Waals surface area (Å²) in [4.78, 5) is 26.2. The second-order valence-corrected chi connectivity index (χ2v) is 5.24. The lowest BCUT2D eigenvalue weighted by Crippen LogP contribution is -2.61. The number of morpholine rings is 1. The Morgan fingerprint density at radius 2 is 1.79 bits per heavy atom. The van der Waals surface area contributed by atoms with Crippen LogP contribution in [-0.2, 0) is 14.3 Å². The second-order valence-electron chi connectivity index (χ2n) is 5.24. The molecule has 5 heteroatoms. The summed E-state index contributed by atoms with van der Waals surface area (Å²) in [5.74, 6) is -0.214. The minimum atomic E-state index is -0.721. The molecule has 0 unspecified atom stereocenters. The molecular weight excluding hydrogens is 244 g/mol. The first-order valence-corrected chi connectivity index (χ1v) is 7.00. The number of ether oxygens (including phenoxy) is 1. The van der Waals surface area contributed by atoms with Crippen LogP contribution in [0.25, 0.3) is 0 Å². The van der Waals surface area contributed by atoms with Gasteiger partial charge in [0.05, 0.1) is 13.2 Å². The average Bonchev–Trinajstić information content (AvgIpc) is 2.48. The Bertz CT molecular complexity index is 356. The Balaban J connectivity index is 2.13. The molecule has 2 fully saturated rings. The molecule has 1 saturated heterocycles. The number of rotatable bonds is 3. The Hall–Kier alpha value is -1.36. The van der Waals surface area contributed by atoms with Crippen molar-refractivity contribution in [1.29, 1.82) is 0 Å². The molecule has 1 aliphatic carbocycles. The van der Waals surface area contributed by atoms with Gasteiger partial charge in [0.15, 0.2) is 0 Å². The third-order valence-corrected chi connectivity index (χ3v) is 3.96. The van der Waals surface area contributed by atoms with Crippen LogP contribution in [-0.4, -0.2) is 48.6 Å². The van der Waals surface area contributed by atoms with E-state index in [0.29, 0.717) is 26.3 Å². The van der Waals surface area contributed by atoms with Crippen molar-refractivity contribution in [3.63, 3.8) is 0 Å². The van der Waals surface area contributed by atoms with Gasteiger partial charge in [-0.3, -0.25) is 9.59 Å². The predicted octanol–water partition coefficient (Wildman–Crippen LogP) is 0.850. The van der Waals surface area contributed by atoms with E-state index in [1.165, 1.54) is 6.08 Å². The largest absolute Gasteiger partial charge is 0.378 e. The van der Waals surface area contributed by atoms with Crippen molar-refractivity contribution in [3.8, 4) is 0 Å². The first kappa shape index (κ1) is 14.1. The van der Waals surface area contributed by atoms with Crippen molar-refractivity contribution >= 4 is 11.8 Å². The molecule has 1 N–H and O–H groups in total. The molecule has 2 amide bonds. The van der Waals surface area contributed by atoms with E-state index in [0.717, 1.165) is 32.1 Å². The molecule has 0 atom stereocenters. The van der Waals surface area contributed by atoms with Crippen molar-refractivity contribution in [3.05, 3.63) is 12.7 Å². The van der Waals surface area contributed by atoms with E-state index in [4.69, 9.17) is 4.74 Å². The SMILES string of the molecule is C=CC(=O)NC1(C(=O)N2CCOCC2)CCCCC1. The van der Waals surface area contributed by atoms with Crippen molar-refractivity contribution < 1.29 is 14.3 Å². The van der Waals surface area contributed by atoms with Crippen LogP contribution in [0, 0.1) is 0 Å². The molecule has 0 radical (unpaired) electrons. The zero-order chi connectivity index (χ0) is 13.7. The van der Waals surface area contributed by atoms with Crippen molar-refractivity contribution in [2.75, 3.05) is 26.3 Å². The van der Waals surface area contributed by atoms with Crippen molar-refractivity contribution in [2.24, 2.45) is 0 Å². The van der Waals surface area contributed by atoms with E-state index >= 15 is 0 Å². The molecule has 1 aliphatic heterocycles. The van der Waals surface area contributed by atoms with Gasteiger partial charge >= 0.3 is 0 Å². The molecule has 0 bridgehead atoms. The Kier molecular flexibility index (Phi) is 4.58. The minimum Gasteiger partial charge on any atom is -0.378 e. The van der Waals surface area contributed by atoms with Crippen LogP contribution in [0.2, 0.25) is 0 Å². The van der Waals surface area contributed by atoms with Gasteiger partial charge in [-0.15, -0.1) is 0 Å². The molecular formula is C14H22N2O3. The van der Waals surface area contributed by atoms with Gasteiger partial charge in [0.1, 0.15) is 5.54 Å². The first-order chi connectivity index (χ1) is 9.18. The van der Waals surface area contributed by atoms with Gasteiger partial charge in [-0.05, 0) is 18.9 Å². The van der Waals surface area contributed by atoms with Crippen LogP contribution in [0.4, 0.5) is 0 Å². The molecule has 1 saturated carbocycles. The summed E-state index contributed by atoms with van der Waals surface area (Å²) < 4.78 is 5.27. The predicted molar refractivity (Wildman–Crippen MR) is 71.6 cm³/mol. The number of amides is 2. The van der Waals surface area contributed by atoms with Gasteiger partial charge in [-0.1, -0.05) is 25.8 Å². The Morgan fingerprint density at radius 1 is 1.16 bits per heavy atom. The fourth-order valence-electron chi connectivity index (χ4n) is 2.90. The Morgan fingerprint density at radius 3 is 2.37 bits per heavy atom. The molecule has 5 nitrogen and oxygen atoms in total. The number of hydrogen-bond donors (Lipinski definition) is 1. The Labute approximate surface area is 114 Å². The fraction of sp³-hybridized carbons (Fsp3) is 0.714. The molecule has 0 aromatic heterocycles. The number of carbonyl (C=O) groups excluding carboxylic acids is 2. The van der Waals surface area contributed by atoms with Crippen LogP contribution in [0.1, 0.15) is 32.1 Å². The molecule has 2 aliphatic rings.